The first-order chi connectivity index (χ1) is 7.49. The van der Waals surface area contributed by atoms with Crippen molar-refractivity contribution in [3.63, 3.8) is 0 Å². The minimum atomic E-state index is -0.690. The Kier molecular flexibility index (Phi) is 4.31. The maximum atomic E-state index is 13.1. The van der Waals surface area contributed by atoms with Gasteiger partial charge in [-0.2, -0.15) is 0 Å². The predicted octanol–water partition coefficient (Wildman–Crippen LogP) is 2.28. The predicted molar refractivity (Wildman–Crippen MR) is 58.7 cm³/mol. The van der Waals surface area contributed by atoms with Gasteiger partial charge in [0.25, 0.3) is 0 Å². The molecule has 1 aromatic carbocycles. The molecule has 0 fully saturated rings. The summed E-state index contributed by atoms with van der Waals surface area (Å²) in [6.07, 6.45) is 2.78. The summed E-state index contributed by atoms with van der Waals surface area (Å²) in [5.41, 5.74) is 5.61. The lowest BCUT2D eigenvalue weighted by molar-refractivity contribution is -0.114. The third-order valence-corrected chi connectivity index (χ3v) is 1.93. The number of halogens is 2. The van der Waals surface area contributed by atoms with Crippen LogP contribution in [0, 0.1) is 11.6 Å². The van der Waals surface area contributed by atoms with Crippen molar-refractivity contribution in [2.45, 2.75) is 19.4 Å². The van der Waals surface area contributed by atoms with Crippen molar-refractivity contribution >= 4 is 11.9 Å². The van der Waals surface area contributed by atoms with Crippen LogP contribution in [0.5, 0.6) is 0 Å². The molecular formula is C12H13F2NO. The lowest BCUT2D eigenvalue weighted by Gasteiger charge is -2.00. The van der Waals surface area contributed by atoms with Gasteiger partial charge in [0.05, 0.1) is 0 Å². The minimum absolute atomic E-state index is 0.180. The molecule has 1 atom stereocenters. The number of carbonyl (C=O) groups excluding carboxylic acids is 1. The van der Waals surface area contributed by atoms with E-state index in [4.69, 9.17) is 5.73 Å². The molecule has 0 bridgehead atoms. The molecule has 0 heterocycles. The van der Waals surface area contributed by atoms with Crippen LogP contribution < -0.4 is 5.73 Å². The summed E-state index contributed by atoms with van der Waals surface area (Å²) in [5, 5.41) is 0. The molecule has 0 radical (unpaired) electrons. The number of benzene rings is 1. The molecule has 0 spiro atoms. The number of carbonyl (C=O) groups is 1. The van der Waals surface area contributed by atoms with Crippen molar-refractivity contribution in [3.8, 4) is 0 Å². The minimum Gasteiger partial charge on any atom is -0.328 e. The van der Waals surface area contributed by atoms with Crippen molar-refractivity contribution < 1.29 is 13.6 Å². The Morgan fingerprint density at radius 2 is 2.19 bits per heavy atom. The Balaban J connectivity index is 2.73. The maximum absolute atomic E-state index is 13.1. The van der Waals surface area contributed by atoms with Crippen molar-refractivity contribution in [2.75, 3.05) is 0 Å². The van der Waals surface area contributed by atoms with Gasteiger partial charge in [0.2, 0.25) is 0 Å². The quantitative estimate of drug-likeness (QED) is 0.799. The van der Waals surface area contributed by atoms with E-state index in [9.17, 15) is 13.6 Å². The third-order valence-electron chi connectivity index (χ3n) is 1.93. The van der Waals surface area contributed by atoms with Crippen LogP contribution in [0.2, 0.25) is 0 Å². The first kappa shape index (κ1) is 12.5. The largest absolute Gasteiger partial charge is 0.328 e. The molecule has 0 saturated carbocycles. The molecule has 1 rings (SSSR count). The molecule has 0 unspecified atom stereocenters. The monoisotopic (exact) mass is 225 g/mol. The van der Waals surface area contributed by atoms with Crippen LogP contribution >= 0.6 is 0 Å². The lowest BCUT2D eigenvalue weighted by Crippen LogP contribution is -2.18. The highest BCUT2D eigenvalue weighted by atomic mass is 19.1. The molecule has 1 aromatic rings. The fraction of sp³-hybridized carbons (Fsp3) is 0.250. The zero-order valence-electron chi connectivity index (χ0n) is 8.91. The van der Waals surface area contributed by atoms with Gasteiger partial charge in [0, 0.05) is 24.1 Å². The molecule has 2 nitrogen and oxygen atoms in total. The molecule has 0 aliphatic heterocycles. The summed E-state index contributed by atoms with van der Waals surface area (Å²) in [5.74, 6) is -1.51. The first-order valence-electron chi connectivity index (χ1n) is 4.90. The molecule has 0 aliphatic rings. The fourth-order valence-corrected chi connectivity index (χ4v) is 1.20. The van der Waals surface area contributed by atoms with Crippen molar-refractivity contribution in [1.29, 1.82) is 0 Å². The molecule has 2 N–H and O–H groups in total. The Hall–Kier alpha value is -1.55. The average Bonchev–Trinajstić information content (AvgIpc) is 2.15. The number of ketones is 1. The second kappa shape index (κ2) is 5.51. The van der Waals surface area contributed by atoms with E-state index in [1.807, 2.05) is 0 Å². The van der Waals surface area contributed by atoms with Crippen LogP contribution in [-0.4, -0.2) is 11.8 Å². The van der Waals surface area contributed by atoms with Crippen LogP contribution in [0.25, 0.3) is 6.08 Å². The second-order valence-electron chi connectivity index (χ2n) is 3.65. The Morgan fingerprint density at radius 1 is 1.50 bits per heavy atom. The van der Waals surface area contributed by atoms with Crippen molar-refractivity contribution in [3.05, 3.63) is 41.5 Å². The molecule has 0 amide bonds. The van der Waals surface area contributed by atoms with Gasteiger partial charge in [-0.25, -0.2) is 8.78 Å². The van der Waals surface area contributed by atoms with Crippen LogP contribution in [-0.2, 0) is 4.79 Å². The summed E-state index contributed by atoms with van der Waals surface area (Å²) in [6, 6.07) is 2.96. The summed E-state index contributed by atoms with van der Waals surface area (Å²) >= 11 is 0. The summed E-state index contributed by atoms with van der Waals surface area (Å²) in [7, 11) is 0. The van der Waals surface area contributed by atoms with E-state index in [1.165, 1.54) is 18.2 Å². The number of hydrogen-bond donors (Lipinski definition) is 1. The van der Waals surface area contributed by atoms with Gasteiger partial charge in [-0.1, -0.05) is 0 Å². The van der Waals surface area contributed by atoms with Crippen LogP contribution in [0.1, 0.15) is 18.9 Å². The van der Waals surface area contributed by atoms with Crippen LogP contribution in [0.3, 0.4) is 0 Å². The van der Waals surface area contributed by atoms with E-state index in [-0.39, 0.29) is 23.8 Å². The van der Waals surface area contributed by atoms with Gasteiger partial charge < -0.3 is 5.73 Å². The van der Waals surface area contributed by atoms with E-state index in [0.717, 1.165) is 12.1 Å². The van der Waals surface area contributed by atoms with Gasteiger partial charge in [-0.3, -0.25) is 4.79 Å². The molecule has 86 valence electrons. The average molecular weight is 225 g/mol. The molecule has 0 aliphatic carbocycles. The standard InChI is InChI=1S/C12H13F2NO/c1-8(15)6-11(16)5-3-9-2-4-10(13)7-12(9)14/h2-5,7-8H,6,15H2,1H3/b5-3+/t8-/m0/s1. The topological polar surface area (TPSA) is 43.1 Å². The highest BCUT2D eigenvalue weighted by molar-refractivity contribution is 5.93. The van der Waals surface area contributed by atoms with Crippen molar-refractivity contribution in [2.24, 2.45) is 5.73 Å². The van der Waals surface area contributed by atoms with E-state index in [0.29, 0.717) is 0 Å². The number of allylic oxidation sites excluding steroid dienone is 1. The van der Waals surface area contributed by atoms with E-state index >= 15 is 0 Å². The third kappa shape index (κ3) is 3.90. The van der Waals surface area contributed by atoms with Gasteiger partial charge in [0.1, 0.15) is 11.6 Å². The molecular weight excluding hydrogens is 212 g/mol. The summed E-state index contributed by atoms with van der Waals surface area (Å²) in [6.45, 7) is 1.71. The first-order valence-corrected chi connectivity index (χ1v) is 4.90. The highest BCUT2D eigenvalue weighted by Crippen LogP contribution is 2.11. The van der Waals surface area contributed by atoms with E-state index in [1.54, 1.807) is 6.92 Å². The molecule has 4 heteroatoms. The lowest BCUT2D eigenvalue weighted by atomic mass is 10.1. The van der Waals surface area contributed by atoms with Gasteiger partial charge >= 0.3 is 0 Å². The molecule has 16 heavy (non-hydrogen) atoms. The zero-order valence-corrected chi connectivity index (χ0v) is 8.91. The molecule has 0 saturated heterocycles. The number of nitrogens with two attached hydrogens (primary N) is 1. The fourth-order valence-electron chi connectivity index (χ4n) is 1.20. The Bertz CT molecular complexity index is 413. The highest BCUT2D eigenvalue weighted by Gasteiger charge is 2.03. The maximum Gasteiger partial charge on any atom is 0.157 e. The van der Waals surface area contributed by atoms with Crippen molar-refractivity contribution in [1.82, 2.24) is 0 Å². The van der Waals surface area contributed by atoms with Gasteiger partial charge in [-0.05, 0) is 31.2 Å². The smallest absolute Gasteiger partial charge is 0.157 e. The van der Waals surface area contributed by atoms with Crippen LogP contribution in [0.4, 0.5) is 8.78 Å². The van der Waals surface area contributed by atoms with Gasteiger partial charge in [0.15, 0.2) is 5.78 Å². The van der Waals surface area contributed by atoms with E-state index in [2.05, 4.69) is 0 Å². The number of rotatable bonds is 4. The normalized spacial score (nSPS) is 13.0. The SMILES string of the molecule is C[C@H](N)CC(=O)/C=C/c1ccc(F)cc1F. The Morgan fingerprint density at radius 3 is 2.75 bits per heavy atom. The summed E-state index contributed by atoms with van der Waals surface area (Å²) in [4.78, 5) is 11.2. The molecule has 0 aromatic heterocycles. The number of hydrogen-bond acceptors (Lipinski definition) is 2. The second-order valence-corrected chi connectivity index (χ2v) is 3.65. The Labute approximate surface area is 92.8 Å². The zero-order chi connectivity index (χ0) is 12.1. The van der Waals surface area contributed by atoms with Gasteiger partial charge in [-0.15, -0.1) is 0 Å². The summed E-state index contributed by atoms with van der Waals surface area (Å²) < 4.78 is 25.7. The van der Waals surface area contributed by atoms with E-state index < -0.39 is 11.6 Å². The van der Waals surface area contributed by atoms with Crippen LogP contribution in [0.15, 0.2) is 24.3 Å².